The predicted octanol–water partition coefficient (Wildman–Crippen LogP) is 6.20. The van der Waals surface area contributed by atoms with Gasteiger partial charge in [0.15, 0.2) is 0 Å². The first-order chi connectivity index (χ1) is 10.7. The van der Waals surface area contributed by atoms with Crippen molar-refractivity contribution in [2.45, 2.75) is 27.2 Å². The number of aryl methyl sites for hydroxylation is 3. The van der Waals surface area contributed by atoms with Crippen molar-refractivity contribution >= 4 is 0 Å². The van der Waals surface area contributed by atoms with Crippen molar-refractivity contribution in [3.05, 3.63) is 83.4 Å². The summed E-state index contributed by atoms with van der Waals surface area (Å²) < 4.78 is 0. The van der Waals surface area contributed by atoms with Crippen LogP contribution in [0.2, 0.25) is 0 Å². The zero-order valence-corrected chi connectivity index (χ0v) is 13.6. The molecule has 0 aliphatic heterocycles. The molecule has 3 aromatic carbocycles. The van der Waals surface area contributed by atoms with E-state index in [1.807, 2.05) is 0 Å². The Bertz CT molecular complexity index is 797. The van der Waals surface area contributed by atoms with Crippen LogP contribution >= 0.6 is 0 Å². The first kappa shape index (κ1) is 14.6. The molecular formula is C22H22. The van der Waals surface area contributed by atoms with E-state index in [1.165, 1.54) is 38.9 Å². The molecule has 0 bridgehead atoms. The summed E-state index contributed by atoms with van der Waals surface area (Å²) in [7, 11) is 0. The van der Waals surface area contributed by atoms with Crippen LogP contribution in [0.25, 0.3) is 22.3 Å². The molecule has 0 heterocycles. The van der Waals surface area contributed by atoms with Crippen LogP contribution in [-0.2, 0) is 6.42 Å². The summed E-state index contributed by atoms with van der Waals surface area (Å²) >= 11 is 0. The maximum atomic E-state index is 2.34. The summed E-state index contributed by atoms with van der Waals surface area (Å²) in [5.41, 5.74) is 9.35. The molecule has 0 aliphatic carbocycles. The molecule has 0 saturated heterocycles. The summed E-state index contributed by atoms with van der Waals surface area (Å²) in [6.45, 7) is 6.56. The highest BCUT2D eigenvalue weighted by molar-refractivity contribution is 5.75. The topological polar surface area (TPSA) is 0 Å². The Kier molecular flexibility index (Phi) is 4.11. The first-order valence-electron chi connectivity index (χ1n) is 7.95. The highest BCUT2D eigenvalue weighted by Gasteiger charge is 2.08. The molecule has 0 aromatic heterocycles. The van der Waals surface area contributed by atoms with Gasteiger partial charge in [-0.3, -0.25) is 0 Å². The molecule has 3 aromatic rings. The Morgan fingerprint density at radius 2 is 1.45 bits per heavy atom. The largest absolute Gasteiger partial charge is 0.0620 e. The second-order valence-electron chi connectivity index (χ2n) is 5.91. The zero-order chi connectivity index (χ0) is 15.5. The van der Waals surface area contributed by atoms with Crippen LogP contribution in [0.15, 0.2) is 66.7 Å². The average Bonchev–Trinajstić information content (AvgIpc) is 2.55. The van der Waals surface area contributed by atoms with Crippen LogP contribution in [-0.4, -0.2) is 0 Å². The minimum absolute atomic E-state index is 1.04. The maximum Gasteiger partial charge on any atom is -0.0149 e. The van der Waals surface area contributed by atoms with Gasteiger partial charge in [-0.1, -0.05) is 79.2 Å². The van der Waals surface area contributed by atoms with Gasteiger partial charge in [0.05, 0.1) is 0 Å². The van der Waals surface area contributed by atoms with Gasteiger partial charge in [0, 0.05) is 0 Å². The van der Waals surface area contributed by atoms with Crippen LogP contribution in [0.1, 0.15) is 23.6 Å². The van der Waals surface area contributed by atoms with Gasteiger partial charge >= 0.3 is 0 Å². The number of rotatable bonds is 3. The third-order valence-electron chi connectivity index (χ3n) is 4.27. The standard InChI is InChI=1S/C22H22/c1-4-18-15-20(19-10-7-8-16(2)14-19)12-13-22(18)21-11-6-5-9-17(21)3/h5-15H,4H2,1-3H3. The van der Waals surface area contributed by atoms with E-state index in [4.69, 9.17) is 0 Å². The van der Waals surface area contributed by atoms with Crippen LogP contribution in [0.3, 0.4) is 0 Å². The third kappa shape index (κ3) is 2.82. The molecule has 0 heteroatoms. The van der Waals surface area contributed by atoms with E-state index in [-0.39, 0.29) is 0 Å². The Morgan fingerprint density at radius 3 is 2.18 bits per heavy atom. The smallest absolute Gasteiger partial charge is 0.0149 e. The molecule has 0 aliphatic rings. The molecule has 0 unspecified atom stereocenters. The van der Waals surface area contributed by atoms with Gasteiger partial charge in [-0.05, 0) is 53.6 Å². The molecule has 22 heavy (non-hydrogen) atoms. The number of hydrogen-bond acceptors (Lipinski definition) is 0. The van der Waals surface area contributed by atoms with E-state index in [1.54, 1.807) is 0 Å². The molecule has 0 atom stereocenters. The molecular weight excluding hydrogens is 264 g/mol. The number of benzene rings is 3. The van der Waals surface area contributed by atoms with E-state index in [2.05, 4.69) is 87.5 Å². The maximum absolute atomic E-state index is 2.34. The molecule has 0 amide bonds. The minimum atomic E-state index is 1.04. The summed E-state index contributed by atoms with van der Waals surface area (Å²) in [5, 5.41) is 0. The molecule has 3 rings (SSSR count). The number of hydrogen-bond donors (Lipinski definition) is 0. The second-order valence-corrected chi connectivity index (χ2v) is 5.91. The van der Waals surface area contributed by atoms with Crippen molar-refractivity contribution in [1.82, 2.24) is 0 Å². The fourth-order valence-corrected chi connectivity index (χ4v) is 3.03. The van der Waals surface area contributed by atoms with Crippen molar-refractivity contribution in [3.8, 4) is 22.3 Å². The van der Waals surface area contributed by atoms with Gasteiger partial charge in [-0.15, -0.1) is 0 Å². The molecule has 0 fully saturated rings. The molecule has 0 nitrogen and oxygen atoms in total. The van der Waals surface area contributed by atoms with E-state index >= 15 is 0 Å². The zero-order valence-electron chi connectivity index (χ0n) is 13.6. The van der Waals surface area contributed by atoms with Gasteiger partial charge < -0.3 is 0 Å². The normalized spacial score (nSPS) is 10.7. The van der Waals surface area contributed by atoms with Crippen LogP contribution in [0, 0.1) is 13.8 Å². The van der Waals surface area contributed by atoms with E-state index in [9.17, 15) is 0 Å². The van der Waals surface area contributed by atoms with Crippen molar-refractivity contribution in [2.75, 3.05) is 0 Å². The quantitative estimate of drug-likeness (QED) is 0.537. The Hall–Kier alpha value is -2.34. The van der Waals surface area contributed by atoms with Gasteiger partial charge in [0.1, 0.15) is 0 Å². The molecule has 110 valence electrons. The predicted molar refractivity (Wildman–Crippen MR) is 96.2 cm³/mol. The summed E-state index contributed by atoms with van der Waals surface area (Å²) in [6, 6.07) is 24.2. The molecule has 0 saturated carbocycles. The van der Waals surface area contributed by atoms with Crippen molar-refractivity contribution in [3.63, 3.8) is 0 Å². The lowest BCUT2D eigenvalue weighted by molar-refractivity contribution is 1.14. The molecule has 0 spiro atoms. The monoisotopic (exact) mass is 286 g/mol. The van der Waals surface area contributed by atoms with Gasteiger partial charge in [0.2, 0.25) is 0 Å². The highest BCUT2D eigenvalue weighted by atomic mass is 14.1. The van der Waals surface area contributed by atoms with Crippen LogP contribution in [0.5, 0.6) is 0 Å². The SMILES string of the molecule is CCc1cc(-c2cccc(C)c2)ccc1-c1ccccc1C. The lowest BCUT2D eigenvalue weighted by atomic mass is 9.91. The summed E-state index contributed by atoms with van der Waals surface area (Å²) in [4.78, 5) is 0. The molecule has 0 N–H and O–H groups in total. The summed E-state index contributed by atoms with van der Waals surface area (Å²) in [5.74, 6) is 0. The lowest BCUT2D eigenvalue weighted by Gasteiger charge is -2.13. The molecule has 0 radical (unpaired) electrons. The van der Waals surface area contributed by atoms with Crippen LogP contribution in [0.4, 0.5) is 0 Å². The highest BCUT2D eigenvalue weighted by Crippen LogP contribution is 2.31. The minimum Gasteiger partial charge on any atom is -0.0620 e. The van der Waals surface area contributed by atoms with Gasteiger partial charge in [0.25, 0.3) is 0 Å². The lowest BCUT2D eigenvalue weighted by Crippen LogP contribution is -1.91. The Balaban J connectivity index is 2.11. The van der Waals surface area contributed by atoms with E-state index in [0.717, 1.165) is 6.42 Å². The summed E-state index contributed by atoms with van der Waals surface area (Å²) in [6.07, 6.45) is 1.04. The fourth-order valence-electron chi connectivity index (χ4n) is 3.03. The first-order valence-corrected chi connectivity index (χ1v) is 7.95. The Labute approximate surface area is 133 Å². The van der Waals surface area contributed by atoms with Gasteiger partial charge in [-0.25, -0.2) is 0 Å². The fraction of sp³-hybridized carbons (Fsp3) is 0.182. The van der Waals surface area contributed by atoms with Crippen LogP contribution < -0.4 is 0 Å². The Morgan fingerprint density at radius 1 is 0.682 bits per heavy atom. The van der Waals surface area contributed by atoms with Crippen molar-refractivity contribution in [1.29, 1.82) is 0 Å². The third-order valence-corrected chi connectivity index (χ3v) is 4.27. The second kappa shape index (κ2) is 6.19. The van der Waals surface area contributed by atoms with E-state index < -0.39 is 0 Å². The van der Waals surface area contributed by atoms with Crippen molar-refractivity contribution < 1.29 is 0 Å². The van der Waals surface area contributed by atoms with Gasteiger partial charge in [-0.2, -0.15) is 0 Å². The van der Waals surface area contributed by atoms with E-state index in [0.29, 0.717) is 0 Å². The average molecular weight is 286 g/mol. The van der Waals surface area contributed by atoms with Crippen molar-refractivity contribution in [2.24, 2.45) is 0 Å².